The van der Waals surface area contributed by atoms with Crippen molar-refractivity contribution < 1.29 is 4.79 Å². The lowest BCUT2D eigenvalue weighted by molar-refractivity contribution is 0.102. The molecule has 0 unspecified atom stereocenters. The number of benzene rings is 1. The third kappa shape index (κ3) is 2.60. The van der Waals surface area contributed by atoms with Gasteiger partial charge in [0.25, 0.3) is 0 Å². The number of halogens is 3. The molecule has 2 aromatic rings. The summed E-state index contributed by atoms with van der Waals surface area (Å²) >= 11 is 10.1. The summed E-state index contributed by atoms with van der Waals surface area (Å²) in [6.07, 6.45) is 1.64. The molecule has 0 atom stereocenters. The number of hydrogen-bond donors (Lipinski definition) is 0. The topological polar surface area (TPSA) is 34.9 Å². The Hall–Kier alpha value is -0.460. The number of carbonyl (C=O) groups excluding carboxylic acids is 1. The van der Waals surface area contributed by atoms with Crippen molar-refractivity contribution in [2.75, 3.05) is 0 Å². The van der Waals surface area contributed by atoms with Gasteiger partial charge in [0.05, 0.1) is 10.7 Å². The minimum atomic E-state index is -0.0607. The van der Waals surface area contributed by atoms with E-state index in [1.807, 2.05) is 19.1 Å². The Kier molecular flexibility index (Phi) is 4.40. The second kappa shape index (κ2) is 5.67. The van der Waals surface area contributed by atoms with E-state index >= 15 is 0 Å². The van der Waals surface area contributed by atoms with Crippen LogP contribution in [-0.2, 0) is 6.54 Å². The van der Waals surface area contributed by atoms with Crippen molar-refractivity contribution in [1.29, 1.82) is 0 Å². The maximum atomic E-state index is 12.5. The molecule has 1 aromatic heterocycles. The van der Waals surface area contributed by atoms with Gasteiger partial charge in [0.2, 0.25) is 5.78 Å². The van der Waals surface area contributed by atoms with Crippen molar-refractivity contribution in [3.63, 3.8) is 0 Å². The largest absolute Gasteiger partial charge is 0.287 e. The van der Waals surface area contributed by atoms with Crippen molar-refractivity contribution in [3.8, 4) is 0 Å². The summed E-state index contributed by atoms with van der Waals surface area (Å²) in [4.78, 5) is 12.5. The molecule has 18 heavy (non-hydrogen) atoms. The van der Waals surface area contributed by atoms with Crippen LogP contribution in [-0.4, -0.2) is 15.6 Å². The molecular weight excluding hydrogens is 428 g/mol. The van der Waals surface area contributed by atoms with E-state index in [0.717, 1.165) is 8.95 Å². The number of rotatable bonds is 3. The smallest absolute Gasteiger partial charge is 0.213 e. The minimum absolute atomic E-state index is 0.0607. The van der Waals surface area contributed by atoms with Crippen molar-refractivity contribution in [1.82, 2.24) is 9.78 Å². The van der Waals surface area contributed by atoms with Crippen LogP contribution in [0.2, 0.25) is 0 Å². The Balaban J connectivity index is 2.54. The standard InChI is InChI=1S/C12H9Br3N2O/c1-2-17-11(10(15)6-16-17)12(18)8-5-7(13)3-4-9(8)14/h3-6H,2H2,1H3. The van der Waals surface area contributed by atoms with Gasteiger partial charge < -0.3 is 0 Å². The van der Waals surface area contributed by atoms with E-state index in [4.69, 9.17) is 0 Å². The van der Waals surface area contributed by atoms with Gasteiger partial charge in [-0.1, -0.05) is 31.9 Å². The Morgan fingerprint density at radius 1 is 1.28 bits per heavy atom. The zero-order chi connectivity index (χ0) is 13.3. The van der Waals surface area contributed by atoms with Crippen LogP contribution in [0, 0.1) is 0 Å². The molecule has 0 fully saturated rings. The lowest BCUT2D eigenvalue weighted by atomic mass is 10.1. The number of aryl methyl sites for hydroxylation is 1. The summed E-state index contributed by atoms with van der Waals surface area (Å²) in [5, 5.41) is 4.15. The zero-order valence-corrected chi connectivity index (χ0v) is 14.2. The fourth-order valence-corrected chi connectivity index (χ4v) is 2.89. The van der Waals surface area contributed by atoms with Gasteiger partial charge in [-0.3, -0.25) is 9.48 Å². The molecule has 2 rings (SSSR count). The Labute approximate surface area is 130 Å². The van der Waals surface area contributed by atoms with E-state index < -0.39 is 0 Å². The highest BCUT2D eigenvalue weighted by Crippen LogP contribution is 2.26. The van der Waals surface area contributed by atoms with Gasteiger partial charge in [-0.25, -0.2) is 0 Å². The monoisotopic (exact) mass is 434 g/mol. The molecule has 0 spiro atoms. The fourth-order valence-electron chi connectivity index (χ4n) is 1.63. The number of ketones is 1. The summed E-state index contributed by atoms with van der Waals surface area (Å²) < 4.78 is 4.03. The van der Waals surface area contributed by atoms with Crippen LogP contribution in [0.1, 0.15) is 23.0 Å². The van der Waals surface area contributed by atoms with Gasteiger partial charge in [-0.15, -0.1) is 0 Å². The predicted molar refractivity (Wildman–Crippen MR) is 80.9 cm³/mol. The van der Waals surface area contributed by atoms with Gasteiger partial charge in [0.15, 0.2) is 0 Å². The maximum Gasteiger partial charge on any atom is 0.213 e. The Morgan fingerprint density at radius 3 is 2.67 bits per heavy atom. The molecule has 0 saturated heterocycles. The van der Waals surface area contributed by atoms with Crippen molar-refractivity contribution in [2.45, 2.75) is 13.5 Å². The number of carbonyl (C=O) groups is 1. The van der Waals surface area contributed by atoms with E-state index in [-0.39, 0.29) is 5.78 Å². The first kappa shape index (κ1) is 14.0. The quantitative estimate of drug-likeness (QED) is 0.667. The van der Waals surface area contributed by atoms with Crippen LogP contribution in [0.4, 0.5) is 0 Å². The third-order valence-electron chi connectivity index (χ3n) is 2.48. The van der Waals surface area contributed by atoms with Crippen LogP contribution in [0.15, 0.2) is 37.8 Å². The third-order valence-corrected chi connectivity index (χ3v) is 4.25. The minimum Gasteiger partial charge on any atom is -0.287 e. The van der Waals surface area contributed by atoms with E-state index in [1.165, 1.54) is 0 Å². The molecule has 0 aliphatic rings. The molecule has 1 aromatic carbocycles. The second-order valence-corrected chi connectivity index (χ2v) is 6.23. The van der Waals surface area contributed by atoms with Crippen molar-refractivity contribution in [3.05, 3.63) is 49.1 Å². The van der Waals surface area contributed by atoms with Crippen LogP contribution < -0.4 is 0 Å². The molecule has 1 heterocycles. The lowest BCUT2D eigenvalue weighted by Gasteiger charge is -2.07. The summed E-state index contributed by atoms with van der Waals surface area (Å²) in [6, 6.07) is 5.52. The average molecular weight is 437 g/mol. The highest BCUT2D eigenvalue weighted by Gasteiger charge is 2.20. The summed E-state index contributed by atoms with van der Waals surface area (Å²) in [5.41, 5.74) is 1.18. The summed E-state index contributed by atoms with van der Waals surface area (Å²) in [5.74, 6) is -0.0607. The van der Waals surface area contributed by atoms with Crippen LogP contribution >= 0.6 is 47.8 Å². The first-order valence-electron chi connectivity index (χ1n) is 5.25. The maximum absolute atomic E-state index is 12.5. The van der Waals surface area contributed by atoms with Crippen molar-refractivity contribution in [2.24, 2.45) is 0 Å². The SMILES string of the molecule is CCn1ncc(Br)c1C(=O)c1cc(Br)ccc1Br. The number of nitrogens with zero attached hydrogens (tertiary/aromatic N) is 2. The number of aromatic nitrogens is 2. The second-order valence-electron chi connectivity index (χ2n) is 3.61. The van der Waals surface area contributed by atoms with Crippen LogP contribution in [0.3, 0.4) is 0 Å². The van der Waals surface area contributed by atoms with Gasteiger partial charge >= 0.3 is 0 Å². The molecule has 0 amide bonds. The molecule has 0 aliphatic heterocycles. The van der Waals surface area contributed by atoms with Crippen LogP contribution in [0.25, 0.3) is 0 Å². The van der Waals surface area contributed by atoms with E-state index in [1.54, 1.807) is 16.9 Å². The normalized spacial score (nSPS) is 10.7. The van der Waals surface area contributed by atoms with Gasteiger partial charge in [-0.05, 0) is 41.1 Å². The van der Waals surface area contributed by atoms with E-state index in [9.17, 15) is 4.79 Å². The van der Waals surface area contributed by atoms with E-state index in [2.05, 4.69) is 52.9 Å². The lowest BCUT2D eigenvalue weighted by Crippen LogP contribution is -2.11. The molecule has 0 bridgehead atoms. The van der Waals surface area contributed by atoms with Gasteiger partial charge in [-0.2, -0.15) is 5.10 Å². The molecule has 3 nitrogen and oxygen atoms in total. The molecule has 0 aliphatic carbocycles. The first-order chi connectivity index (χ1) is 8.54. The molecule has 0 saturated carbocycles. The molecule has 0 radical (unpaired) electrons. The Morgan fingerprint density at radius 2 is 2.00 bits per heavy atom. The van der Waals surface area contributed by atoms with Gasteiger partial charge in [0.1, 0.15) is 5.69 Å². The average Bonchev–Trinajstić information content (AvgIpc) is 2.72. The van der Waals surface area contributed by atoms with Crippen molar-refractivity contribution >= 4 is 53.6 Å². The zero-order valence-electron chi connectivity index (χ0n) is 9.45. The summed E-state index contributed by atoms with van der Waals surface area (Å²) in [7, 11) is 0. The van der Waals surface area contributed by atoms with Crippen LogP contribution in [0.5, 0.6) is 0 Å². The number of hydrogen-bond acceptors (Lipinski definition) is 2. The molecule has 6 heteroatoms. The fraction of sp³-hybridized carbons (Fsp3) is 0.167. The molecular formula is C12H9Br3N2O. The highest BCUT2D eigenvalue weighted by molar-refractivity contribution is 9.11. The molecule has 0 N–H and O–H groups in total. The Bertz CT molecular complexity index is 607. The molecule has 94 valence electrons. The predicted octanol–water partition coefficient (Wildman–Crippen LogP) is 4.42. The summed E-state index contributed by atoms with van der Waals surface area (Å²) in [6.45, 7) is 2.60. The van der Waals surface area contributed by atoms with E-state index in [0.29, 0.717) is 22.3 Å². The first-order valence-corrected chi connectivity index (χ1v) is 7.63. The highest BCUT2D eigenvalue weighted by atomic mass is 79.9. The van der Waals surface area contributed by atoms with Gasteiger partial charge in [0, 0.05) is 21.1 Å².